The van der Waals surface area contributed by atoms with Crippen LogP contribution in [0.4, 0.5) is 5.69 Å². The van der Waals surface area contributed by atoms with Crippen molar-refractivity contribution in [2.45, 2.75) is 25.5 Å². The van der Waals surface area contributed by atoms with Crippen molar-refractivity contribution in [3.05, 3.63) is 48.3 Å². The maximum absolute atomic E-state index is 11.9. The first-order valence-electron chi connectivity index (χ1n) is 7.98. The molecule has 6 nitrogen and oxygen atoms in total. The highest BCUT2D eigenvalue weighted by Gasteiger charge is 2.14. The van der Waals surface area contributed by atoms with Gasteiger partial charge in [0.2, 0.25) is 5.91 Å². The van der Waals surface area contributed by atoms with Gasteiger partial charge < -0.3 is 15.4 Å². The molecule has 122 valence electrons. The summed E-state index contributed by atoms with van der Waals surface area (Å²) < 4.78 is 7.51. The smallest absolute Gasteiger partial charge is 0.250 e. The predicted molar refractivity (Wildman–Crippen MR) is 88.2 cm³/mol. The number of rotatable bonds is 6. The summed E-state index contributed by atoms with van der Waals surface area (Å²) in [4.78, 5) is 11.9. The molecular weight excluding hydrogens is 292 g/mol. The molecule has 0 spiro atoms. The van der Waals surface area contributed by atoms with Crippen LogP contribution in [0.1, 0.15) is 18.4 Å². The van der Waals surface area contributed by atoms with Crippen LogP contribution in [0.5, 0.6) is 0 Å². The molecule has 2 heterocycles. The Morgan fingerprint density at radius 2 is 2.09 bits per heavy atom. The van der Waals surface area contributed by atoms with Crippen LogP contribution in [-0.2, 0) is 16.1 Å². The number of piperidine rings is 1. The molecule has 0 radical (unpaired) electrons. The van der Waals surface area contributed by atoms with Crippen molar-refractivity contribution in [2.75, 3.05) is 25.0 Å². The Balaban J connectivity index is 1.44. The third kappa shape index (κ3) is 4.91. The second kappa shape index (κ2) is 7.89. The van der Waals surface area contributed by atoms with E-state index in [4.69, 9.17) is 4.74 Å². The SMILES string of the molecule is O=C(COC1CCNCC1)Nc1ccc(Cn2cccn2)cc1. The normalized spacial score (nSPS) is 15.5. The number of nitrogens with zero attached hydrogens (tertiary/aromatic N) is 2. The molecule has 1 aromatic heterocycles. The number of hydrogen-bond acceptors (Lipinski definition) is 4. The minimum Gasteiger partial charge on any atom is -0.368 e. The number of amides is 1. The van der Waals surface area contributed by atoms with E-state index in [0.29, 0.717) is 0 Å². The fraction of sp³-hybridized carbons (Fsp3) is 0.412. The Hall–Kier alpha value is -2.18. The van der Waals surface area contributed by atoms with Gasteiger partial charge in [0.05, 0.1) is 12.6 Å². The van der Waals surface area contributed by atoms with Gasteiger partial charge in [-0.15, -0.1) is 0 Å². The first-order valence-corrected chi connectivity index (χ1v) is 7.98. The first kappa shape index (κ1) is 15.7. The summed E-state index contributed by atoms with van der Waals surface area (Å²) >= 11 is 0. The van der Waals surface area contributed by atoms with Crippen LogP contribution < -0.4 is 10.6 Å². The van der Waals surface area contributed by atoms with E-state index >= 15 is 0 Å². The summed E-state index contributed by atoms with van der Waals surface area (Å²) in [5, 5.41) is 10.3. The van der Waals surface area contributed by atoms with E-state index in [-0.39, 0.29) is 18.6 Å². The lowest BCUT2D eigenvalue weighted by atomic mass is 10.1. The van der Waals surface area contributed by atoms with Gasteiger partial charge in [0.1, 0.15) is 6.61 Å². The number of carbonyl (C=O) groups is 1. The zero-order valence-corrected chi connectivity index (χ0v) is 13.1. The summed E-state index contributed by atoms with van der Waals surface area (Å²) in [5.41, 5.74) is 1.92. The van der Waals surface area contributed by atoms with Crippen molar-refractivity contribution in [2.24, 2.45) is 0 Å². The Morgan fingerprint density at radius 1 is 1.30 bits per heavy atom. The van der Waals surface area contributed by atoms with Gasteiger partial charge in [0.15, 0.2) is 0 Å². The number of nitrogens with one attached hydrogen (secondary N) is 2. The van der Waals surface area contributed by atoms with Gasteiger partial charge >= 0.3 is 0 Å². The average Bonchev–Trinajstić information content (AvgIpc) is 3.09. The molecule has 0 bridgehead atoms. The molecule has 6 heteroatoms. The zero-order valence-electron chi connectivity index (χ0n) is 13.1. The fourth-order valence-corrected chi connectivity index (χ4v) is 2.63. The lowest BCUT2D eigenvalue weighted by Gasteiger charge is -2.22. The third-order valence-electron chi connectivity index (χ3n) is 3.88. The Morgan fingerprint density at radius 3 is 2.78 bits per heavy atom. The molecule has 3 rings (SSSR count). The van der Waals surface area contributed by atoms with Crippen molar-refractivity contribution < 1.29 is 9.53 Å². The lowest BCUT2D eigenvalue weighted by Crippen LogP contribution is -2.34. The maximum atomic E-state index is 11.9. The number of aromatic nitrogens is 2. The molecule has 1 aromatic carbocycles. The predicted octanol–water partition coefficient (Wildman–Crippen LogP) is 1.64. The minimum absolute atomic E-state index is 0.108. The highest BCUT2D eigenvalue weighted by molar-refractivity contribution is 5.91. The highest BCUT2D eigenvalue weighted by Crippen LogP contribution is 2.11. The molecule has 23 heavy (non-hydrogen) atoms. The number of carbonyl (C=O) groups excluding carboxylic acids is 1. The Bertz CT molecular complexity index is 604. The van der Waals surface area contributed by atoms with Crippen LogP contribution in [0.25, 0.3) is 0 Å². The van der Waals surface area contributed by atoms with Gasteiger partial charge in [0, 0.05) is 18.1 Å². The van der Waals surface area contributed by atoms with Crippen molar-refractivity contribution in [3.8, 4) is 0 Å². The topological polar surface area (TPSA) is 68.2 Å². The number of anilines is 1. The molecule has 1 aliphatic heterocycles. The molecule has 0 saturated carbocycles. The molecule has 0 aliphatic carbocycles. The molecule has 1 fully saturated rings. The van der Waals surface area contributed by atoms with Crippen LogP contribution in [0.15, 0.2) is 42.7 Å². The zero-order chi connectivity index (χ0) is 15.9. The van der Waals surface area contributed by atoms with E-state index < -0.39 is 0 Å². The van der Waals surface area contributed by atoms with Crippen LogP contribution in [0.2, 0.25) is 0 Å². The summed E-state index contributed by atoms with van der Waals surface area (Å²) in [5.74, 6) is -0.108. The van der Waals surface area contributed by atoms with Gasteiger partial charge in [-0.2, -0.15) is 5.10 Å². The number of benzene rings is 1. The van der Waals surface area contributed by atoms with Gasteiger partial charge in [-0.25, -0.2) is 0 Å². The first-order chi connectivity index (χ1) is 11.3. The standard InChI is InChI=1S/C17H22N4O2/c22-17(13-23-16-6-9-18-10-7-16)20-15-4-2-14(3-5-15)12-21-11-1-8-19-21/h1-5,8,11,16,18H,6-7,9-10,12-13H2,(H,20,22). The molecule has 0 unspecified atom stereocenters. The van der Waals surface area contributed by atoms with E-state index in [1.807, 2.05) is 41.2 Å². The monoisotopic (exact) mass is 314 g/mol. The van der Waals surface area contributed by atoms with E-state index in [1.165, 1.54) is 0 Å². The van der Waals surface area contributed by atoms with E-state index in [1.54, 1.807) is 6.20 Å². The molecule has 1 saturated heterocycles. The summed E-state index contributed by atoms with van der Waals surface area (Å²) in [6.07, 6.45) is 5.81. The molecular formula is C17H22N4O2. The molecule has 2 N–H and O–H groups in total. The number of ether oxygens (including phenoxy) is 1. The van der Waals surface area contributed by atoms with Crippen molar-refractivity contribution in [1.82, 2.24) is 15.1 Å². The van der Waals surface area contributed by atoms with Gasteiger partial charge in [0.25, 0.3) is 0 Å². The largest absolute Gasteiger partial charge is 0.368 e. The number of hydrogen-bond donors (Lipinski definition) is 2. The third-order valence-corrected chi connectivity index (χ3v) is 3.88. The quantitative estimate of drug-likeness (QED) is 0.850. The van der Waals surface area contributed by atoms with Crippen LogP contribution >= 0.6 is 0 Å². The average molecular weight is 314 g/mol. The minimum atomic E-state index is -0.108. The lowest BCUT2D eigenvalue weighted by molar-refractivity contribution is -0.123. The van der Waals surface area contributed by atoms with Crippen molar-refractivity contribution in [3.63, 3.8) is 0 Å². The second-order valence-corrected chi connectivity index (χ2v) is 5.71. The van der Waals surface area contributed by atoms with Gasteiger partial charge in [-0.05, 0) is 49.7 Å². The van der Waals surface area contributed by atoms with E-state index in [0.717, 1.165) is 43.7 Å². The van der Waals surface area contributed by atoms with E-state index in [2.05, 4.69) is 15.7 Å². The molecule has 0 atom stereocenters. The van der Waals surface area contributed by atoms with Gasteiger partial charge in [-0.1, -0.05) is 12.1 Å². The van der Waals surface area contributed by atoms with Crippen LogP contribution in [-0.4, -0.2) is 41.5 Å². The van der Waals surface area contributed by atoms with Crippen LogP contribution in [0.3, 0.4) is 0 Å². The van der Waals surface area contributed by atoms with Gasteiger partial charge in [-0.3, -0.25) is 9.48 Å². The van der Waals surface area contributed by atoms with Crippen molar-refractivity contribution >= 4 is 11.6 Å². The fourth-order valence-electron chi connectivity index (χ4n) is 2.63. The molecule has 2 aromatic rings. The van der Waals surface area contributed by atoms with E-state index in [9.17, 15) is 4.79 Å². The molecule has 1 amide bonds. The Labute approximate surface area is 135 Å². The van der Waals surface area contributed by atoms with Crippen LogP contribution in [0, 0.1) is 0 Å². The Kier molecular flexibility index (Phi) is 5.39. The second-order valence-electron chi connectivity index (χ2n) is 5.71. The highest BCUT2D eigenvalue weighted by atomic mass is 16.5. The summed E-state index contributed by atoms with van der Waals surface area (Å²) in [6, 6.07) is 9.69. The van der Waals surface area contributed by atoms with Crippen molar-refractivity contribution in [1.29, 1.82) is 0 Å². The summed E-state index contributed by atoms with van der Waals surface area (Å²) in [7, 11) is 0. The summed E-state index contributed by atoms with van der Waals surface area (Å²) in [6.45, 7) is 2.76. The molecule has 1 aliphatic rings. The maximum Gasteiger partial charge on any atom is 0.250 e.